The van der Waals surface area contributed by atoms with E-state index in [2.05, 4.69) is 5.10 Å². The summed E-state index contributed by atoms with van der Waals surface area (Å²) >= 11 is 0. The number of hydrogen-bond acceptors (Lipinski definition) is 3. The third kappa shape index (κ3) is 1.70. The van der Waals surface area contributed by atoms with Gasteiger partial charge in [-0.2, -0.15) is 18.3 Å². The summed E-state index contributed by atoms with van der Waals surface area (Å²) in [5.41, 5.74) is 4.69. The molecule has 0 atom stereocenters. The number of aryl methyl sites for hydroxylation is 1. The van der Waals surface area contributed by atoms with Crippen LogP contribution in [0.25, 0.3) is 0 Å². The van der Waals surface area contributed by atoms with E-state index in [1.807, 2.05) is 0 Å². The summed E-state index contributed by atoms with van der Waals surface area (Å²) in [6, 6.07) is 0. The van der Waals surface area contributed by atoms with Crippen LogP contribution in [0.5, 0.6) is 0 Å². The number of halogens is 3. The van der Waals surface area contributed by atoms with Gasteiger partial charge in [0.25, 0.3) is 5.78 Å². The first-order valence-electron chi connectivity index (χ1n) is 3.80. The molecular formula is C7H8F3N3O. The Hall–Kier alpha value is -1.53. The van der Waals surface area contributed by atoms with E-state index in [1.165, 1.54) is 0 Å². The Kier molecular flexibility index (Phi) is 2.50. The molecule has 1 heterocycles. The van der Waals surface area contributed by atoms with Crippen LogP contribution in [0.2, 0.25) is 0 Å². The molecule has 0 saturated carbocycles. The van der Waals surface area contributed by atoms with Gasteiger partial charge in [0.15, 0.2) is 0 Å². The monoisotopic (exact) mass is 207 g/mol. The molecule has 78 valence electrons. The molecule has 14 heavy (non-hydrogen) atoms. The Balaban J connectivity index is 3.09. The summed E-state index contributed by atoms with van der Waals surface area (Å²) in [5, 5.41) is 3.54. The molecule has 4 nitrogen and oxygen atoms in total. The maximum atomic E-state index is 12.0. The fraction of sp³-hybridized carbons (Fsp3) is 0.429. The zero-order chi connectivity index (χ0) is 10.9. The summed E-state index contributed by atoms with van der Waals surface area (Å²) in [7, 11) is 0. The molecule has 0 aliphatic heterocycles. The van der Waals surface area contributed by atoms with Gasteiger partial charge in [0.05, 0.1) is 11.8 Å². The average Bonchev–Trinajstić information content (AvgIpc) is 2.43. The molecule has 0 radical (unpaired) electrons. The quantitative estimate of drug-likeness (QED) is 0.742. The number of Topliss-reactive ketones (excluding diaryl/α,β-unsaturated/α-hetero) is 1. The van der Waals surface area contributed by atoms with Crippen LogP contribution in [0, 0.1) is 0 Å². The molecule has 0 saturated heterocycles. The summed E-state index contributed by atoms with van der Waals surface area (Å²) in [5.74, 6) is -2.22. The highest BCUT2D eigenvalue weighted by Crippen LogP contribution is 2.24. The Morgan fingerprint density at radius 1 is 1.64 bits per heavy atom. The third-order valence-corrected chi connectivity index (χ3v) is 1.68. The summed E-state index contributed by atoms with van der Waals surface area (Å²) in [4.78, 5) is 10.8. The number of aromatic nitrogens is 2. The molecule has 0 bridgehead atoms. The summed E-state index contributed by atoms with van der Waals surface area (Å²) < 4.78 is 37.1. The maximum Gasteiger partial charge on any atom is 0.455 e. The van der Waals surface area contributed by atoms with Crippen LogP contribution in [0.4, 0.5) is 19.0 Å². The van der Waals surface area contributed by atoms with E-state index in [9.17, 15) is 18.0 Å². The highest BCUT2D eigenvalue weighted by molar-refractivity contribution is 6.03. The fourth-order valence-electron chi connectivity index (χ4n) is 0.974. The number of anilines is 1. The van der Waals surface area contributed by atoms with Crippen molar-refractivity contribution in [3.63, 3.8) is 0 Å². The minimum Gasteiger partial charge on any atom is -0.383 e. The predicted octanol–water partition coefficient (Wildman–Crippen LogP) is 1.23. The fourth-order valence-corrected chi connectivity index (χ4v) is 0.974. The molecule has 0 aliphatic rings. The van der Waals surface area contributed by atoms with Crippen molar-refractivity contribution in [2.75, 3.05) is 5.73 Å². The minimum absolute atomic E-state index is 0.255. The molecule has 0 aliphatic carbocycles. The Morgan fingerprint density at radius 2 is 2.21 bits per heavy atom. The second-order valence-electron chi connectivity index (χ2n) is 2.59. The van der Waals surface area contributed by atoms with Gasteiger partial charge in [0, 0.05) is 6.54 Å². The summed E-state index contributed by atoms with van der Waals surface area (Å²) in [6.07, 6.45) is -4.08. The van der Waals surface area contributed by atoms with E-state index < -0.39 is 17.5 Å². The van der Waals surface area contributed by atoms with E-state index in [-0.39, 0.29) is 5.82 Å². The largest absolute Gasteiger partial charge is 0.455 e. The zero-order valence-corrected chi connectivity index (χ0v) is 7.30. The van der Waals surface area contributed by atoms with Crippen molar-refractivity contribution in [3.05, 3.63) is 11.8 Å². The Labute approximate surface area is 77.5 Å². The Bertz CT molecular complexity index is 356. The average molecular weight is 207 g/mol. The van der Waals surface area contributed by atoms with Crippen LogP contribution >= 0.6 is 0 Å². The van der Waals surface area contributed by atoms with Gasteiger partial charge in [-0.25, -0.2) is 4.68 Å². The standard InChI is InChI=1S/C7H8F3N3O/c1-2-13-6(11)4(3-12-13)5(14)7(8,9)10/h3H,2,11H2,1H3. The van der Waals surface area contributed by atoms with Crippen molar-refractivity contribution < 1.29 is 18.0 Å². The van der Waals surface area contributed by atoms with Crippen LogP contribution in [-0.2, 0) is 6.54 Å². The molecule has 0 unspecified atom stereocenters. The van der Waals surface area contributed by atoms with E-state index in [0.717, 1.165) is 10.9 Å². The maximum absolute atomic E-state index is 12.0. The highest BCUT2D eigenvalue weighted by Gasteiger charge is 2.41. The van der Waals surface area contributed by atoms with E-state index in [0.29, 0.717) is 6.54 Å². The first-order valence-corrected chi connectivity index (χ1v) is 3.80. The van der Waals surface area contributed by atoms with E-state index in [4.69, 9.17) is 5.73 Å². The van der Waals surface area contributed by atoms with Crippen molar-refractivity contribution in [1.82, 2.24) is 9.78 Å². The lowest BCUT2D eigenvalue weighted by atomic mass is 10.2. The van der Waals surface area contributed by atoms with Gasteiger partial charge >= 0.3 is 6.18 Å². The molecule has 0 amide bonds. The number of carbonyl (C=O) groups is 1. The number of nitrogens with two attached hydrogens (primary N) is 1. The number of nitrogens with zero attached hydrogens (tertiary/aromatic N) is 2. The van der Waals surface area contributed by atoms with Crippen molar-refractivity contribution >= 4 is 11.6 Å². The first-order chi connectivity index (χ1) is 6.38. The number of hydrogen-bond donors (Lipinski definition) is 1. The summed E-state index contributed by atoms with van der Waals surface area (Å²) in [6.45, 7) is 1.97. The molecule has 0 aromatic carbocycles. The predicted molar refractivity (Wildman–Crippen MR) is 42.7 cm³/mol. The Morgan fingerprint density at radius 3 is 2.57 bits per heavy atom. The smallest absolute Gasteiger partial charge is 0.383 e. The van der Waals surface area contributed by atoms with Gasteiger partial charge in [-0.1, -0.05) is 0 Å². The molecule has 1 aromatic heterocycles. The van der Waals surface area contributed by atoms with Crippen molar-refractivity contribution in [2.24, 2.45) is 0 Å². The SMILES string of the molecule is CCn1ncc(C(=O)C(F)(F)F)c1N. The van der Waals surface area contributed by atoms with Gasteiger partial charge in [0.2, 0.25) is 0 Å². The number of alkyl halides is 3. The molecule has 0 fully saturated rings. The second-order valence-corrected chi connectivity index (χ2v) is 2.59. The van der Waals surface area contributed by atoms with Gasteiger partial charge in [-0.3, -0.25) is 4.79 Å². The van der Waals surface area contributed by atoms with Crippen LogP contribution in [0.3, 0.4) is 0 Å². The number of rotatable bonds is 2. The molecule has 0 spiro atoms. The zero-order valence-electron chi connectivity index (χ0n) is 7.30. The van der Waals surface area contributed by atoms with Crippen LogP contribution < -0.4 is 5.73 Å². The molecule has 7 heteroatoms. The first kappa shape index (κ1) is 10.6. The lowest BCUT2D eigenvalue weighted by Gasteiger charge is -2.04. The van der Waals surface area contributed by atoms with Crippen LogP contribution in [0.1, 0.15) is 17.3 Å². The lowest BCUT2D eigenvalue weighted by Crippen LogP contribution is -2.23. The van der Waals surface area contributed by atoms with Gasteiger partial charge in [-0.05, 0) is 6.92 Å². The number of ketones is 1. The van der Waals surface area contributed by atoms with Crippen molar-refractivity contribution in [3.8, 4) is 0 Å². The molecule has 2 N–H and O–H groups in total. The minimum atomic E-state index is -4.91. The lowest BCUT2D eigenvalue weighted by molar-refractivity contribution is -0.0884. The molecular weight excluding hydrogens is 199 g/mol. The topological polar surface area (TPSA) is 60.9 Å². The van der Waals surface area contributed by atoms with Crippen molar-refractivity contribution in [2.45, 2.75) is 19.6 Å². The normalized spacial score (nSPS) is 11.7. The van der Waals surface area contributed by atoms with Gasteiger partial charge in [-0.15, -0.1) is 0 Å². The van der Waals surface area contributed by atoms with E-state index in [1.54, 1.807) is 6.92 Å². The molecule has 1 rings (SSSR count). The van der Waals surface area contributed by atoms with Crippen LogP contribution in [0.15, 0.2) is 6.20 Å². The van der Waals surface area contributed by atoms with Crippen LogP contribution in [-0.4, -0.2) is 21.7 Å². The second kappa shape index (κ2) is 3.32. The van der Waals surface area contributed by atoms with Gasteiger partial charge < -0.3 is 5.73 Å². The number of nitrogen functional groups attached to an aromatic ring is 1. The molecule has 1 aromatic rings. The third-order valence-electron chi connectivity index (χ3n) is 1.68. The number of carbonyl (C=O) groups excluding carboxylic acids is 1. The van der Waals surface area contributed by atoms with Gasteiger partial charge in [0.1, 0.15) is 5.82 Å². The van der Waals surface area contributed by atoms with Crippen molar-refractivity contribution in [1.29, 1.82) is 0 Å². The van der Waals surface area contributed by atoms with E-state index >= 15 is 0 Å². The highest BCUT2D eigenvalue weighted by atomic mass is 19.4.